The van der Waals surface area contributed by atoms with Crippen molar-refractivity contribution < 1.29 is 9.53 Å². The van der Waals surface area contributed by atoms with E-state index in [1.807, 2.05) is 23.1 Å². The van der Waals surface area contributed by atoms with Crippen molar-refractivity contribution in [3.05, 3.63) is 34.4 Å². The van der Waals surface area contributed by atoms with E-state index in [1.54, 1.807) is 6.07 Å². The van der Waals surface area contributed by atoms with Crippen LogP contribution in [0.25, 0.3) is 6.08 Å². The molecule has 1 atom stereocenters. The number of benzene rings is 1. The van der Waals surface area contributed by atoms with Crippen LogP contribution in [-0.4, -0.2) is 43.1 Å². The first-order valence-corrected chi connectivity index (χ1v) is 7.17. The van der Waals surface area contributed by atoms with Gasteiger partial charge in [-0.25, -0.2) is 0 Å². The molecule has 1 fully saturated rings. The molecule has 2 aliphatic heterocycles. The molecule has 114 valence electrons. The third kappa shape index (κ3) is 3.34. The van der Waals surface area contributed by atoms with Gasteiger partial charge in [0.1, 0.15) is 12.4 Å². The first kappa shape index (κ1) is 16.1. The van der Waals surface area contributed by atoms with Crippen molar-refractivity contribution in [1.29, 1.82) is 0 Å². The number of halogens is 2. The number of fused-ring (bicyclic) bond motifs is 1. The Labute approximate surface area is 135 Å². The van der Waals surface area contributed by atoms with Crippen molar-refractivity contribution in [2.75, 3.05) is 26.2 Å². The number of carbonyl (C=O) groups excluding carboxylic acids is 1. The third-order valence-electron chi connectivity index (χ3n) is 3.72. The predicted octanol–water partition coefficient (Wildman–Crippen LogP) is 2.36. The highest BCUT2D eigenvalue weighted by atomic mass is 35.5. The molecule has 6 heteroatoms. The van der Waals surface area contributed by atoms with Gasteiger partial charge in [-0.05, 0) is 31.2 Å². The van der Waals surface area contributed by atoms with Crippen LogP contribution in [0.2, 0.25) is 5.02 Å². The molecule has 3 rings (SSSR count). The van der Waals surface area contributed by atoms with Crippen LogP contribution < -0.4 is 10.1 Å². The zero-order valence-corrected chi connectivity index (χ0v) is 13.3. The zero-order chi connectivity index (χ0) is 14.1. The lowest BCUT2D eigenvalue weighted by Gasteiger charge is -2.35. The monoisotopic (exact) mass is 328 g/mol. The molecule has 2 aliphatic rings. The van der Waals surface area contributed by atoms with Crippen LogP contribution in [0.4, 0.5) is 0 Å². The molecule has 1 amide bonds. The molecule has 1 unspecified atom stereocenters. The maximum absolute atomic E-state index is 12.6. The second-order valence-electron chi connectivity index (χ2n) is 5.19. The molecular weight excluding hydrogens is 311 g/mol. The van der Waals surface area contributed by atoms with Gasteiger partial charge in [0.2, 0.25) is 0 Å². The summed E-state index contributed by atoms with van der Waals surface area (Å²) in [6, 6.07) is 5.66. The van der Waals surface area contributed by atoms with Gasteiger partial charge in [-0.3, -0.25) is 4.79 Å². The van der Waals surface area contributed by atoms with Crippen LogP contribution in [-0.2, 0) is 4.79 Å². The lowest BCUT2D eigenvalue weighted by atomic mass is 10.1. The molecule has 1 aromatic rings. The summed E-state index contributed by atoms with van der Waals surface area (Å²) in [4.78, 5) is 14.5. The SMILES string of the molecule is CC1CNCCN1C(=O)C1=Cc2cc(Cl)ccc2OC1.Cl. The van der Waals surface area contributed by atoms with E-state index in [2.05, 4.69) is 12.2 Å². The Morgan fingerprint density at radius 2 is 2.29 bits per heavy atom. The van der Waals surface area contributed by atoms with E-state index in [0.29, 0.717) is 17.2 Å². The van der Waals surface area contributed by atoms with Crippen LogP contribution in [0.3, 0.4) is 0 Å². The van der Waals surface area contributed by atoms with Gasteiger partial charge in [0.25, 0.3) is 5.91 Å². The Balaban J connectivity index is 0.00000161. The highest BCUT2D eigenvalue weighted by Crippen LogP contribution is 2.29. The summed E-state index contributed by atoms with van der Waals surface area (Å²) in [5.41, 5.74) is 1.56. The van der Waals surface area contributed by atoms with Gasteiger partial charge < -0.3 is 15.0 Å². The van der Waals surface area contributed by atoms with Crippen LogP contribution in [0, 0.1) is 0 Å². The van der Waals surface area contributed by atoms with Crippen LogP contribution in [0.15, 0.2) is 23.8 Å². The van der Waals surface area contributed by atoms with E-state index >= 15 is 0 Å². The molecule has 0 aromatic heterocycles. The summed E-state index contributed by atoms with van der Waals surface area (Å²) in [5, 5.41) is 3.93. The van der Waals surface area contributed by atoms with Crippen molar-refractivity contribution in [2.24, 2.45) is 0 Å². The van der Waals surface area contributed by atoms with Crippen molar-refractivity contribution in [3.8, 4) is 5.75 Å². The van der Waals surface area contributed by atoms with Crippen molar-refractivity contribution in [2.45, 2.75) is 13.0 Å². The molecule has 0 spiro atoms. The second-order valence-corrected chi connectivity index (χ2v) is 5.63. The molecular formula is C15H18Cl2N2O2. The Hall–Kier alpha value is -1.23. The molecule has 4 nitrogen and oxygen atoms in total. The van der Waals surface area contributed by atoms with Gasteiger partial charge in [-0.2, -0.15) is 0 Å². The summed E-state index contributed by atoms with van der Waals surface area (Å²) in [6.07, 6.45) is 1.89. The first-order chi connectivity index (χ1) is 9.65. The van der Waals surface area contributed by atoms with Gasteiger partial charge in [-0.1, -0.05) is 11.6 Å². The number of hydrogen-bond donors (Lipinski definition) is 1. The van der Waals surface area contributed by atoms with Crippen LogP contribution in [0.5, 0.6) is 5.75 Å². The van der Waals surface area contributed by atoms with Gasteiger partial charge >= 0.3 is 0 Å². The summed E-state index contributed by atoms with van der Waals surface area (Å²) >= 11 is 5.99. The number of hydrogen-bond acceptors (Lipinski definition) is 3. The lowest BCUT2D eigenvalue weighted by Crippen LogP contribution is -2.53. The summed E-state index contributed by atoms with van der Waals surface area (Å²) in [5.74, 6) is 0.837. The van der Waals surface area contributed by atoms with Gasteiger partial charge in [0.15, 0.2) is 0 Å². The standard InChI is InChI=1S/C15H17ClN2O2.ClH/c1-10-8-17-4-5-18(10)15(19)12-6-11-7-13(16)2-3-14(11)20-9-12;/h2-3,6-7,10,17H,4-5,8-9H2,1H3;1H. The Morgan fingerprint density at radius 3 is 3.05 bits per heavy atom. The summed E-state index contributed by atoms with van der Waals surface area (Å²) in [7, 11) is 0. The smallest absolute Gasteiger partial charge is 0.253 e. The second kappa shape index (κ2) is 6.69. The topological polar surface area (TPSA) is 41.6 Å². The van der Waals surface area contributed by atoms with E-state index in [-0.39, 0.29) is 24.4 Å². The Kier molecular flexibility index (Phi) is 5.14. The molecule has 21 heavy (non-hydrogen) atoms. The van der Waals surface area contributed by atoms with Crippen molar-refractivity contribution in [1.82, 2.24) is 10.2 Å². The van der Waals surface area contributed by atoms with E-state index in [0.717, 1.165) is 30.9 Å². The normalized spacial score (nSPS) is 20.8. The van der Waals surface area contributed by atoms with E-state index < -0.39 is 0 Å². The fourth-order valence-corrected chi connectivity index (χ4v) is 2.78. The maximum Gasteiger partial charge on any atom is 0.253 e. The summed E-state index contributed by atoms with van der Waals surface area (Å²) in [6.45, 7) is 4.79. The van der Waals surface area contributed by atoms with Crippen LogP contribution >= 0.6 is 24.0 Å². The Bertz CT molecular complexity index is 575. The number of amides is 1. The number of nitrogens with one attached hydrogen (secondary N) is 1. The molecule has 0 radical (unpaired) electrons. The zero-order valence-electron chi connectivity index (χ0n) is 11.8. The fraction of sp³-hybridized carbons (Fsp3) is 0.400. The average Bonchev–Trinajstić information content (AvgIpc) is 2.46. The maximum atomic E-state index is 12.6. The first-order valence-electron chi connectivity index (χ1n) is 6.80. The largest absolute Gasteiger partial charge is 0.488 e. The molecule has 0 saturated carbocycles. The molecule has 2 heterocycles. The minimum Gasteiger partial charge on any atom is -0.488 e. The molecule has 0 aliphatic carbocycles. The number of ether oxygens (including phenoxy) is 1. The quantitative estimate of drug-likeness (QED) is 0.860. The molecule has 1 N–H and O–H groups in total. The molecule has 0 bridgehead atoms. The third-order valence-corrected chi connectivity index (χ3v) is 3.96. The van der Waals surface area contributed by atoms with Crippen molar-refractivity contribution >= 4 is 36.0 Å². The van der Waals surface area contributed by atoms with Crippen LogP contribution in [0.1, 0.15) is 12.5 Å². The van der Waals surface area contributed by atoms with Gasteiger partial charge in [0.05, 0.1) is 5.57 Å². The predicted molar refractivity (Wildman–Crippen MR) is 86.2 cm³/mol. The highest BCUT2D eigenvalue weighted by molar-refractivity contribution is 6.30. The number of rotatable bonds is 1. The average molecular weight is 329 g/mol. The lowest BCUT2D eigenvalue weighted by molar-refractivity contribution is -0.130. The summed E-state index contributed by atoms with van der Waals surface area (Å²) < 4.78 is 5.65. The molecule has 1 aromatic carbocycles. The van der Waals surface area contributed by atoms with Gasteiger partial charge in [0, 0.05) is 36.3 Å². The molecule has 1 saturated heterocycles. The minimum absolute atomic E-state index is 0. The number of nitrogens with zero attached hydrogens (tertiary/aromatic N) is 1. The highest BCUT2D eigenvalue weighted by Gasteiger charge is 2.27. The van der Waals surface area contributed by atoms with Crippen molar-refractivity contribution in [3.63, 3.8) is 0 Å². The fourth-order valence-electron chi connectivity index (χ4n) is 2.60. The van der Waals surface area contributed by atoms with E-state index in [4.69, 9.17) is 16.3 Å². The number of piperazine rings is 1. The van der Waals surface area contributed by atoms with Gasteiger partial charge in [-0.15, -0.1) is 12.4 Å². The van der Waals surface area contributed by atoms with E-state index in [1.165, 1.54) is 0 Å². The van der Waals surface area contributed by atoms with E-state index in [9.17, 15) is 4.79 Å². The minimum atomic E-state index is 0. The number of carbonyl (C=O) groups is 1. The Morgan fingerprint density at radius 1 is 1.48 bits per heavy atom.